The first-order valence-corrected chi connectivity index (χ1v) is 6.32. The van der Waals surface area contributed by atoms with E-state index in [2.05, 4.69) is 28.7 Å². The zero-order valence-corrected chi connectivity index (χ0v) is 9.57. The van der Waals surface area contributed by atoms with Crippen LogP contribution in [0.3, 0.4) is 0 Å². The van der Waals surface area contributed by atoms with Crippen LogP contribution in [0.25, 0.3) is 10.6 Å². The van der Waals surface area contributed by atoms with Gasteiger partial charge in [-0.3, -0.25) is 0 Å². The Kier molecular flexibility index (Phi) is 2.96. The van der Waals surface area contributed by atoms with E-state index in [1.54, 1.807) is 22.7 Å². The van der Waals surface area contributed by atoms with Crippen molar-refractivity contribution in [1.29, 1.82) is 0 Å². The van der Waals surface area contributed by atoms with Crippen molar-refractivity contribution in [3.63, 3.8) is 0 Å². The summed E-state index contributed by atoms with van der Waals surface area (Å²) >= 11 is 3.36. The molecule has 2 aromatic rings. The molecule has 2 nitrogen and oxygen atoms in total. The lowest BCUT2D eigenvalue weighted by molar-refractivity contribution is 0.693. The van der Waals surface area contributed by atoms with Gasteiger partial charge in [-0.1, -0.05) is 13.0 Å². The third-order valence-corrected chi connectivity index (χ3v) is 3.92. The average molecular weight is 224 g/mol. The van der Waals surface area contributed by atoms with Crippen molar-refractivity contribution < 1.29 is 0 Å². The van der Waals surface area contributed by atoms with Gasteiger partial charge in [0.1, 0.15) is 5.01 Å². The van der Waals surface area contributed by atoms with Gasteiger partial charge in [0.15, 0.2) is 0 Å². The second-order valence-electron chi connectivity index (χ2n) is 3.06. The van der Waals surface area contributed by atoms with Gasteiger partial charge >= 0.3 is 0 Å². The highest BCUT2D eigenvalue weighted by atomic mass is 32.1. The quantitative estimate of drug-likeness (QED) is 0.869. The van der Waals surface area contributed by atoms with Gasteiger partial charge in [0, 0.05) is 5.38 Å². The smallest absolute Gasteiger partial charge is 0.110 e. The van der Waals surface area contributed by atoms with Crippen molar-refractivity contribution in [2.45, 2.75) is 19.4 Å². The van der Waals surface area contributed by atoms with E-state index >= 15 is 0 Å². The lowest BCUT2D eigenvalue weighted by Gasteiger charge is -2.01. The molecular weight excluding hydrogens is 212 g/mol. The number of rotatable bonds is 3. The highest BCUT2D eigenvalue weighted by molar-refractivity contribution is 7.14. The maximum Gasteiger partial charge on any atom is 0.110 e. The fourth-order valence-electron chi connectivity index (χ4n) is 1.17. The van der Waals surface area contributed by atoms with E-state index in [1.165, 1.54) is 4.88 Å². The van der Waals surface area contributed by atoms with Crippen LogP contribution in [0.2, 0.25) is 0 Å². The molecule has 0 aliphatic rings. The maximum absolute atomic E-state index is 5.91. The van der Waals surface area contributed by atoms with Crippen LogP contribution in [-0.4, -0.2) is 4.98 Å². The Morgan fingerprint density at radius 2 is 2.36 bits per heavy atom. The zero-order valence-electron chi connectivity index (χ0n) is 7.93. The average Bonchev–Trinajstić information content (AvgIpc) is 2.86. The predicted octanol–water partition coefficient (Wildman–Crippen LogP) is 3.28. The molecule has 0 saturated carbocycles. The summed E-state index contributed by atoms with van der Waals surface area (Å²) in [5.74, 6) is 0. The van der Waals surface area contributed by atoms with Crippen LogP contribution in [-0.2, 0) is 0 Å². The summed E-state index contributed by atoms with van der Waals surface area (Å²) in [6, 6.07) is 4.22. The van der Waals surface area contributed by atoms with Crippen LogP contribution in [0.1, 0.15) is 24.4 Å². The summed E-state index contributed by atoms with van der Waals surface area (Å²) < 4.78 is 0. The maximum atomic E-state index is 5.91. The largest absolute Gasteiger partial charge is 0.322 e. The van der Waals surface area contributed by atoms with Gasteiger partial charge in [0.25, 0.3) is 0 Å². The van der Waals surface area contributed by atoms with E-state index in [0.29, 0.717) is 0 Å². The lowest BCUT2D eigenvalue weighted by atomic mass is 10.2. The van der Waals surface area contributed by atoms with Gasteiger partial charge in [-0.05, 0) is 17.9 Å². The van der Waals surface area contributed by atoms with Crippen molar-refractivity contribution in [1.82, 2.24) is 4.98 Å². The Balaban J connectivity index is 2.26. The van der Waals surface area contributed by atoms with Crippen LogP contribution in [0.5, 0.6) is 0 Å². The summed E-state index contributed by atoms with van der Waals surface area (Å²) in [5, 5.41) is 5.18. The molecule has 0 aliphatic carbocycles. The lowest BCUT2D eigenvalue weighted by Crippen LogP contribution is -2.07. The number of nitrogens with zero attached hydrogens (tertiary/aromatic N) is 1. The minimum absolute atomic E-state index is 0.0914. The van der Waals surface area contributed by atoms with Crippen molar-refractivity contribution in [3.8, 4) is 10.6 Å². The molecule has 2 N–H and O–H groups in total. The van der Waals surface area contributed by atoms with Crippen LogP contribution in [0, 0.1) is 0 Å². The third-order valence-electron chi connectivity index (χ3n) is 2.05. The Hall–Kier alpha value is -0.710. The van der Waals surface area contributed by atoms with Gasteiger partial charge < -0.3 is 5.73 Å². The number of aromatic nitrogens is 1. The fourth-order valence-corrected chi connectivity index (χ4v) is 2.84. The van der Waals surface area contributed by atoms with E-state index in [0.717, 1.165) is 17.1 Å². The molecule has 74 valence electrons. The molecule has 2 heterocycles. The first kappa shape index (κ1) is 9.83. The molecule has 14 heavy (non-hydrogen) atoms. The molecule has 1 unspecified atom stereocenters. The zero-order chi connectivity index (χ0) is 9.97. The summed E-state index contributed by atoms with van der Waals surface area (Å²) in [5.41, 5.74) is 6.97. The van der Waals surface area contributed by atoms with Crippen LogP contribution in [0.15, 0.2) is 22.9 Å². The van der Waals surface area contributed by atoms with E-state index in [9.17, 15) is 0 Å². The van der Waals surface area contributed by atoms with Crippen molar-refractivity contribution in [2.75, 3.05) is 0 Å². The summed E-state index contributed by atoms with van der Waals surface area (Å²) in [4.78, 5) is 5.75. The number of hydrogen-bond donors (Lipinski definition) is 1. The minimum atomic E-state index is 0.0914. The van der Waals surface area contributed by atoms with E-state index < -0.39 is 0 Å². The Morgan fingerprint density at radius 3 is 3.00 bits per heavy atom. The molecule has 0 spiro atoms. The molecule has 0 bridgehead atoms. The predicted molar refractivity (Wildman–Crippen MR) is 62.6 cm³/mol. The first-order chi connectivity index (χ1) is 6.81. The van der Waals surface area contributed by atoms with Gasteiger partial charge in [-0.15, -0.1) is 22.7 Å². The monoisotopic (exact) mass is 224 g/mol. The third kappa shape index (κ3) is 1.87. The normalized spacial score (nSPS) is 13.0. The molecule has 1 atom stereocenters. The Bertz CT molecular complexity index is 392. The second kappa shape index (κ2) is 4.21. The van der Waals surface area contributed by atoms with E-state index in [1.807, 2.05) is 6.07 Å². The minimum Gasteiger partial charge on any atom is -0.322 e. The van der Waals surface area contributed by atoms with Crippen molar-refractivity contribution in [2.24, 2.45) is 5.73 Å². The second-order valence-corrected chi connectivity index (χ2v) is 4.90. The summed E-state index contributed by atoms with van der Waals surface area (Å²) in [6.07, 6.45) is 0.942. The Morgan fingerprint density at radius 1 is 1.50 bits per heavy atom. The molecule has 0 saturated heterocycles. The summed E-state index contributed by atoms with van der Waals surface area (Å²) in [7, 11) is 0. The molecule has 0 amide bonds. The van der Waals surface area contributed by atoms with E-state index in [4.69, 9.17) is 5.73 Å². The highest BCUT2D eigenvalue weighted by Gasteiger charge is 2.10. The molecule has 4 heteroatoms. The number of hydrogen-bond acceptors (Lipinski definition) is 4. The first-order valence-electron chi connectivity index (χ1n) is 4.56. The number of thiazole rings is 1. The molecule has 0 fully saturated rings. The van der Waals surface area contributed by atoms with Gasteiger partial charge in [0.2, 0.25) is 0 Å². The van der Waals surface area contributed by atoms with Gasteiger partial charge in [-0.2, -0.15) is 0 Å². The molecular formula is C10H12N2S2. The van der Waals surface area contributed by atoms with Crippen LogP contribution < -0.4 is 5.73 Å². The Labute approximate surface area is 91.4 Å². The topological polar surface area (TPSA) is 38.9 Å². The van der Waals surface area contributed by atoms with Crippen LogP contribution >= 0.6 is 22.7 Å². The number of thiophene rings is 1. The SMILES string of the molecule is CCC(N)c1nc(-c2cccs2)cs1. The molecule has 0 aromatic carbocycles. The summed E-state index contributed by atoms with van der Waals surface area (Å²) in [6.45, 7) is 2.08. The van der Waals surface area contributed by atoms with Crippen molar-refractivity contribution in [3.05, 3.63) is 27.9 Å². The fraction of sp³-hybridized carbons (Fsp3) is 0.300. The molecule has 2 rings (SSSR count). The highest BCUT2D eigenvalue weighted by Crippen LogP contribution is 2.28. The molecule has 2 aromatic heterocycles. The standard InChI is InChI=1S/C10H12N2S2/c1-2-7(11)10-12-8(6-14-10)9-4-3-5-13-9/h3-7H,2,11H2,1H3. The van der Waals surface area contributed by atoms with Gasteiger partial charge in [-0.25, -0.2) is 4.98 Å². The van der Waals surface area contributed by atoms with Crippen molar-refractivity contribution >= 4 is 22.7 Å². The molecule has 0 aliphatic heterocycles. The number of nitrogens with two attached hydrogens (primary N) is 1. The van der Waals surface area contributed by atoms with E-state index in [-0.39, 0.29) is 6.04 Å². The van der Waals surface area contributed by atoms with Gasteiger partial charge in [0.05, 0.1) is 16.6 Å². The molecule has 0 radical (unpaired) electrons. The van der Waals surface area contributed by atoms with Crippen LogP contribution in [0.4, 0.5) is 0 Å².